The van der Waals surface area contributed by atoms with Crippen molar-refractivity contribution in [2.24, 2.45) is 0 Å². The van der Waals surface area contributed by atoms with Gasteiger partial charge in [-0.15, -0.1) is 16.4 Å². The Morgan fingerprint density at radius 1 is 1.16 bits per heavy atom. The van der Waals surface area contributed by atoms with E-state index < -0.39 is 5.69 Å². The van der Waals surface area contributed by atoms with Crippen LogP contribution in [0.15, 0.2) is 59.4 Å². The summed E-state index contributed by atoms with van der Waals surface area (Å²) >= 11 is 7.31. The number of aromatic nitrogens is 3. The number of halogens is 1. The molecule has 0 bridgehead atoms. The summed E-state index contributed by atoms with van der Waals surface area (Å²) in [6.45, 7) is 1.80. The molecule has 0 fully saturated rings. The standard InChI is InChI=1S/C23H22ClN3O3S/c1-15(18-8-4-6-16-5-2-3-7-19(16)18)13-17(29)14-27-23(30)26(11-12-28)22(25-27)20-9-10-21(24)31-20/h2-10,15,28H,11-14H2,1H3/t15-/m1/s1. The van der Waals surface area contributed by atoms with Crippen LogP contribution in [0.4, 0.5) is 0 Å². The maximum absolute atomic E-state index is 12.8. The van der Waals surface area contributed by atoms with Crippen molar-refractivity contribution in [3.8, 4) is 10.7 Å². The first-order valence-corrected chi connectivity index (χ1v) is 11.2. The molecule has 0 spiro atoms. The van der Waals surface area contributed by atoms with Gasteiger partial charge in [0.15, 0.2) is 11.6 Å². The van der Waals surface area contributed by atoms with Gasteiger partial charge in [0.25, 0.3) is 0 Å². The fraction of sp³-hybridized carbons (Fsp3) is 0.261. The largest absolute Gasteiger partial charge is 0.395 e. The van der Waals surface area contributed by atoms with E-state index in [2.05, 4.69) is 23.3 Å². The second kappa shape index (κ2) is 9.18. The zero-order valence-electron chi connectivity index (χ0n) is 17.0. The van der Waals surface area contributed by atoms with Gasteiger partial charge in [-0.05, 0) is 34.4 Å². The fourth-order valence-electron chi connectivity index (χ4n) is 3.83. The van der Waals surface area contributed by atoms with Crippen molar-refractivity contribution in [3.63, 3.8) is 0 Å². The lowest BCUT2D eigenvalue weighted by molar-refractivity contribution is -0.120. The molecule has 6 nitrogen and oxygen atoms in total. The van der Waals surface area contributed by atoms with Crippen molar-refractivity contribution in [1.82, 2.24) is 14.3 Å². The number of hydrogen-bond acceptors (Lipinski definition) is 5. The molecule has 1 N–H and O–H groups in total. The van der Waals surface area contributed by atoms with Crippen molar-refractivity contribution < 1.29 is 9.90 Å². The topological polar surface area (TPSA) is 77.1 Å². The maximum atomic E-state index is 12.8. The lowest BCUT2D eigenvalue weighted by Gasteiger charge is -2.14. The van der Waals surface area contributed by atoms with E-state index in [-0.39, 0.29) is 31.4 Å². The number of benzene rings is 2. The van der Waals surface area contributed by atoms with Gasteiger partial charge in [-0.25, -0.2) is 9.48 Å². The summed E-state index contributed by atoms with van der Waals surface area (Å²) in [4.78, 5) is 26.3. The summed E-state index contributed by atoms with van der Waals surface area (Å²) in [6, 6.07) is 17.7. The molecule has 1 atom stereocenters. The molecule has 2 aromatic heterocycles. The van der Waals surface area contributed by atoms with E-state index in [4.69, 9.17) is 11.6 Å². The summed E-state index contributed by atoms with van der Waals surface area (Å²) < 4.78 is 3.13. The monoisotopic (exact) mass is 455 g/mol. The maximum Gasteiger partial charge on any atom is 0.346 e. The minimum atomic E-state index is -0.417. The number of aliphatic hydroxyl groups is 1. The normalized spacial score (nSPS) is 12.4. The Balaban J connectivity index is 1.56. The number of fused-ring (bicyclic) bond motifs is 1. The zero-order valence-corrected chi connectivity index (χ0v) is 18.6. The van der Waals surface area contributed by atoms with E-state index >= 15 is 0 Å². The van der Waals surface area contributed by atoms with Gasteiger partial charge in [0, 0.05) is 6.42 Å². The molecule has 0 unspecified atom stereocenters. The van der Waals surface area contributed by atoms with Crippen LogP contribution in [0.2, 0.25) is 4.34 Å². The third-order valence-electron chi connectivity index (χ3n) is 5.25. The second-order valence-electron chi connectivity index (χ2n) is 7.46. The van der Waals surface area contributed by atoms with Crippen molar-refractivity contribution >= 4 is 39.5 Å². The van der Waals surface area contributed by atoms with E-state index in [1.54, 1.807) is 12.1 Å². The fourth-order valence-corrected chi connectivity index (χ4v) is 4.86. The number of Topliss-reactive ketones (excluding diaryl/α,β-unsaturated/α-hetero) is 1. The van der Waals surface area contributed by atoms with Gasteiger partial charge in [0.05, 0.1) is 22.4 Å². The van der Waals surface area contributed by atoms with E-state index in [0.29, 0.717) is 21.5 Å². The van der Waals surface area contributed by atoms with Crippen LogP contribution >= 0.6 is 22.9 Å². The molecule has 2 heterocycles. The lowest BCUT2D eigenvalue weighted by atomic mass is 9.91. The average molecular weight is 456 g/mol. The molecule has 0 aliphatic carbocycles. The SMILES string of the molecule is C[C@H](CC(=O)Cn1nc(-c2ccc(Cl)s2)n(CCO)c1=O)c1cccc2ccccc12. The summed E-state index contributed by atoms with van der Waals surface area (Å²) in [7, 11) is 0. The van der Waals surface area contributed by atoms with Crippen molar-refractivity contribution in [3.05, 3.63) is 75.0 Å². The minimum absolute atomic E-state index is 0.00408. The number of nitrogens with zero attached hydrogens (tertiary/aromatic N) is 3. The number of rotatable bonds is 8. The van der Waals surface area contributed by atoms with Crippen LogP contribution < -0.4 is 5.69 Å². The molecule has 31 heavy (non-hydrogen) atoms. The predicted octanol–water partition coefficient (Wildman–Crippen LogP) is 4.34. The number of ketones is 1. The predicted molar refractivity (Wildman–Crippen MR) is 124 cm³/mol. The molecular weight excluding hydrogens is 434 g/mol. The van der Waals surface area contributed by atoms with Gasteiger partial charge in [-0.3, -0.25) is 9.36 Å². The number of carbonyl (C=O) groups is 1. The van der Waals surface area contributed by atoms with E-state index in [1.807, 2.05) is 31.2 Å². The first-order chi connectivity index (χ1) is 15.0. The van der Waals surface area contributed by atoms with E-state index in [1.165, 1.54) is 20.6 Å². The Kier molecular flexibility index (Phi) is 6.36. The molecule has 160 valence electrons. The lowest BCUT2D eigenvalue weighted by Crippen LogP contribution is -2.29. The number of aliphatic hydroxyl groups excluding tert-OH is 1. The Labute approximate surface area is 188 Å². The van der Waals surface area contributed by atoms with Crippen molar-refractivity contribution in [1.29, 1.82) is 0 Å². The molecule has 0 radical (unpaired) electrons. The van der Waals surface area contributed by atoms with Crippen LogP contribution in [-0.2, 0) is 17.9 Å². The Morgan fingerprint density at radius 2 is 1.94 bits per heavy atom. The number of hydrogen-bond donors (Lipinski definition) is 1. The average Bonchev–Trinajstić information content (AvgIpc) is 3.32. The van der Waals surface area contributed by atoms with Crippen LogP contribution in [0.1, 0.15) is 24.8 Å². The molecule has 0 aliphatic rings. The van der Waals surface area contributed by atoms with Crippen LogP contribution in [0.5, 0.6) is 0 Å². The van der Waals surface area contributed by atoms with Gasteiger partial charge >= 0.3 is 5.69 Å². The summed E-state index contributed by atoms with van der Waals surface area (Å²) in [5.41, 5.74) is 0.693. The van der Waals surface area contributed by atoms with Gasteiger partial charge in [-0.1, -0.05) is 61.0 Å². The highest BCUT2D eigenvalue weighted by atomic mass is 35.5. The quantitative estimate of drug-likeness (QED) is 0.429. The van der Waals surface area contributed by atoms with Crippen LogP contribution in [0.3, 0.4) is 0 Å². The number of thiophene rings is 1. The highest BCUT2D eigenvalue weighted by Gasteiger charge is 2.20. The summed E-state index contributed by atoms with van der Waals surface area (Å²) in [5, 5.41) is 16.0. The van der Waals surface area contributed by atoms with Gasteiger partial charge in [0.2, 0.25) is 0 Å². The summed E-state index contributed by atoms with van der Waals surface area (Å²) in [6.07, 6.45) is 0.299. The molecule has 2 aromatic carbocycles. The Bertz CT molecular complexity index is 1290. The molecule has 0 amide bonds. The van der Waals surface area contributed by atoms with Gasteiger partial charge in [0.1, 0.15) is 6.54 Å². The second-order valence-corrected chi connectivity index (χ2v) is 9.17. The van der Waals surface area contributed by atoms with Crippen LogP contribution in [0.25, 0.3) is 21.5 Å². The Hall–Kier alpha value is -2.74. The number of carbonyl (C=O) groups excluding carboxylic acids is 1. The van der Waals surface area contributed by atoms with E-state index in [9.17, 15) is 14.7 Å². The highest BCUT2D eigenvalue weighted by molar-refractivity contribution is 7.19. The third kappa shape index (κ3) is 4.49. The molecule has 0 aliphatic heterocycles. The first-order valence-electron chi connectivity index (χ1n) is 10.0. The van der Waals surface area contributed by atoms with E-state index in [0.717, 1.165) is 16.3 Å². The van der Waals surface area contributed by atoms with Crippen LogP contribution in [-0.4, -0.2) is 31.8 Å². The van der Waals surface area contributed by atoms with Gasteiger partial charge in [-0.2, -0.15) is 0 Å². The molecule has 0 saturated carbocycles. The first kappa shape index (κ1) is 21.5. The smallest absolute Gasteiger partial charge is 0.346 e. The third-order valence-corrected chi connectivity index (χ3v) is 6.48. The van der Waals surface area contributed by atoms with Crippen molar-refractivity contribution in [2.75, 3.05) is 6.61 Å². The minimum Gasteiger partial charge on any atom is -0.395 e. The zero-order chi connectivity index (χ0) is 22.0. The van der Waals surface area contributed by atoms with Gasteiger partial charge < -0.3 is 5.11 Å². The highest BCUT2D eigenvalue weighted by Crippen LogP contribution is 2.30. The molecular formula is C23H22ClN3O3S. The molecule has 0 saturated heterocycles. The molecule has 8 heteroatoms. The molecule has 4 aromatic rings. The van der Waals surface area contributed by atoms with Crippen molar-refractivity contribution in [2.45, 2.75) is 32.4 Å². The molecule has 4 rings (SSSR count). The van der Waals surface area contributed by atoms with Crippen LogP contribution in [0, 0.1) is 0 Å². The Morgan fingerprint density at radius 3 is 2.68 bits per heavy atom. The summed E-state index contributed by atoms with van der Waals surface area (Å²) in [5.74, 6) is 0.335.